The highest BCUT2D eigenvalue weighted by Gasteiger charge is 2.20. The number of hydrogen-bond donors (Lipinski definition) is 1. The van der Waals surface area contributed by atoms with Crippen LogP contribution < -0.4 is 5.32 Å². The van der Waals surface area contributed by atoms with Crippen molar-refractivity contribution in [2.75, 3.05) is 0 Å². The molecule has 1 aliphatic carbocycles. The minimum absolute atomic E-state index is 0.742. The molecule has 100 valence electrons. The predicted octanol–water partition coefficient (Wildman–Crippen LogP) is 3.25. The standard InChI is InChI=1S/C15H18BrN3/c1-11-13(8-17-14-6-7-14)9-18-19(11)10-12-4-2-3-5-15(12)16/h2-5,9,14,17H,6-8,10H2,1H3. The van der Waals surface area contributed by atoms with Crippen molar-refractivity contribution in [3.05, 3.63) is 51.8 Å². The number of benzene rings is 1. The molecule has 0 saturated heterocycles. The van der Waals surface area contributed by atoms with Gasteiger partial charge in [0.1, 0.15) is 0 Å². The van der Waals surface area contributed by atoms with Gasteiger partial charge in [0, 0.05) is 28.3 Å². The van der Waals surface area contributed by atoms with Crippen molar-refractivity contribution in [1.82, 2.24) is 15.1 Å². The molecule has 19 heavy (non-hydrogen) atoms. The fourth-order valence-electron chi connectivity index (χ4n) is 2.15. The van der Waals surface area contributed by atoms with E-state index in [1.54, 1.807) is 0 Å². The van der Waals surface area contributed by atoms with Gasteiger partial charge in [-0.3, -0.25) is 4.68 Å². The molecule has 1 N–H and O–H groups in total. The summed E-state index contributed by atoms with van der Waals surface area (Å²) >= 11 is 3.59. The van der Waals surface area contributed by atoms with Gasteiger partial charge < -0.3 is 5.32 Å². The van der Waals surface area contributed by atoms with Gasteiger partial charge in [-0.15, -0.1) is 0 Å². The van der Waals surface area contributed by atoms with Crippen LogP contribution in [0.5, 0.6) is 0 Å². The fraction of sp³-hybridized carbons (Fsp3) is 0.400. The molecule has 1 aromatic carbocycles. The van der Waals surface area contributed by atoms with Crippen LogP contribution in [0.15, 0.2) is 34.9 Å². The lowest BCUT2D eigenvalue weighted by Gasteiger charge is -2.08. The van der Waals surface area contributed by atoms with Crippen LogP contribution in [-0.4, -0.2) is 15.8 Å². The summed E-state index contributed by atoms with van der Waals surface area (Å²) < 4.78 is 3.21. The van der Waals surface area contributed by atoms with Gasteiger partial charge in [0.15, 0.2) is 0 Å². The maximum atomic E-state index is 4.51. The zero-order valence-corrected chi connectivity index (χ0v) is 12.7. The van der Waals surface area contributed by atoms with E-state index in [1.165, 1.54) is 29.7 Å². The number of nitrogens with zero attached hydrogens (tertiary/aromatic N) is 2. The molecular weight excluding hydrogens is 302 g/mol. The van der Waals surface area contributed by atoms with Crippen molar-refractivity contribution < 1.29 is 0 Å². The van der Waals surface area contributed by atoms with E-state index in [-0.39, 0.29) is 0 Å². The largest absolute Gasteiger partial charge is 0.310 e. The highest BCUT2D eigenvalue weighted by molar-refractivity contribution is 9.10. The second-order valence-electron chi connectivity index (χ2n) is 5.16. The first-order chi connectivity index (χ1) is 9.24. The van der Waals surface area contributed by atoms with Crippen molar-refractivity contribution in [1.29, 1.82) is 0 Å². The molecule has 1 saturated carbocycles. The Morgan fingerprint density at radius 1 is 1.32 bits per heavy atom. The Labute approximate surface area is 122 Å². The van der Waals surface area contributed by atoms with E-state index in [0.29, 0.717) is 0 Å². The number of aromatic nitrogens is 2. The lowest BCUT2D eigenvalue weighted by atomic mass is 10.2. The number of halogens is 1. The lowest BCUT2D eigenvalue weighted by molar-refractivity contribution is 0.652. The third-order valence-electron chi connectivity index (χ3n) is 3.64. The molecule has 1 heterocycles. The van der Waals surface area contributed by atoms with Crippen LogP contribution >= 0.6 is 15.9 Å². The second-order valence-corrected chi connectivity index (χ2v) is 6.01. The molecule has 0 aliphatic heterocycles. The van der Waals surface area contributed by atoms with Gasteiger partial charge in [-0.05, 0) is 31.4 Å². The van der Waals surface area contributed by atoms with Crippen LogP contribution in [0.3, 0.4) is 0 Å². The Morgan fingerprint density at radius 2 is 2.11 bits per heavy atom. The first kappa shape index (κ1) is 12.9. The van der Waals surface area contributed by atoms with Crippen LogP contribution in [0.1, 0.15) is 29.7 Å². The first-order valence-corrected chi connectivity index (χ1v) is 7.51. The predicted molar refractivity (Wildman–Crippen MR) is 80.1 cm³/mol. The number of nitrogens with one attached hydrogen (secondary N) is 1. The third kappa shape index (κ3) is 3.07. The van der Waals surface area contributed by atoms with Gasteiger partial charge >= 0.3 is 0 Å². The summed E-state index contributed by atoms with van der Waals surface area (Å²) in [7, 11) is 0. The van der Waals surface area contributed by atoms with Gasteiger partial charge in [-0.1, -0.05) is 34.1 Å². The van der Waals surface area contributed by atoms with E-state index in [1.807, 2.05) is 12.3 Å². The molecule has 0 unspecified atom stereocenters. The SMILES string of the molecule is Cc1c(CNC2CC2)cnn1Cc1ccccc1Br. The molecule has 0 radical (unpaired) electrons. The Bertz CT molecular complexity index is 573. The van der Waals surface area contributed by atoms with Crippen LogP contribution in [0.4, 0.5) is 0 Å². The molecule has 2 aromatic rings. The second kappa shape index (κ2) is 5.47. The van der Waals surface area contributed by atoms with Crippen molar-refractivity contribution in [3.8, 4) is 0 Å². The minimum atomic E-state index is 0.742. The molecule has 3 rings (SSSR count). The van der Waals surface area contributed by atoms with Crippen LogP contribution in [0.2, 0.25) is 0 Å². The third-order valence-corrected chi connectivity index (χ3v) is 4.41. The van der Waals surface area contributed by atoms with Crippen molar-refractivity contribution in [3.63, 3.8) is 0 Å². The summed E-state index contributed by atoms with van der Waals surface area (Å²) in [5, 5.41) is 8.05. The van der Waals surface area contributed by atoms with Crippen molar-refractivity contribution >= 4 is 15.9 Å². The highest BCUT2D eigenvalue weighted by Crippen LogP contribution is 2.21. The maximum absolute atomic E-state index is 4.51. The Kier molecular flexibility index (Phi) is 3.71. The van der Waals surface area contributed by atoms with E-state index < -0.39 is 0 Å². The number of rotatable bonds is 5. The molecule has 0 atom stereocenters. The van der Waals surface area contributed by atoms with Gasteiger partial charge in [-0.25, -0.2) is 0 Å². The molecule has 1 fully saturated rings. The van der Waals surface area contributed by atoms with E-state index >= 15 is 0 Å². The smallest absolute Gasteiger partial charge is 0.0673 e. The van der Waals surface area contributed by atoms with Gasteiger partial charge in [0.2, 0.25) is 0 Å². The molecule has 1 aliphatic rings. The average molecular weight is 320 g/mol. The molecular formula is C15H18BrN3. The van der Waals surface area contributed by atoms with Crippen LogP contribution in [0, 0.1) is 6.92 Å². The monoisotopic (exact) mass is 319 g/mol. The lowest BCUT2D eigenvalue weighted by Crippen LogP contribution is -2.16. The molecule has 0 spiro atoms. The molecule has 3 nitrogen and oxygen atoms in total. The fourth-order valence-corrected chi connectivity index (χ4v) is 2.56. The Balaban J connectivity index is 1.72. The van der Waals surface area contributed by atoms with E-state index in [2.05, 4.69) is 56.2 Å². The average Bonchev–Trinajstić information content (AvgIpc) is 3.17. The van der Waals surface area contributed by atoms with Crippen LogP contribution in [0.25, 0.3) is 0 Å². The Morgan fingerprint density at radius 3 is 2.84 bits per heavy atom. The summed E-state index contributed by atoms with van der Waals surface area (Å²) in [6, 6.07) is 9.05. The topological polar surface area (TPSA) is 29.9 Å². The van der Waals surface area contributed by atoms with Gasteiger partial charge in [-0.2, -0.15) is 5.10 Å². The summed E-state index contributed by atoms with van der Waals surface area (Å²) in [5.74, 6) is 0. The van der Waals surface area contributed by atoms with E-state index in [0.717, 1.165) is 23.6 Å². The molecule has 0 amide bonds. The summed E-state index contributed by atoms with van der Waals surface area (Å²) in [4.78, 5) is 0. The quantitative estimate of drug-likeness (QED) is 0.916. The molecule has 1 aromatic heterocycles. The zero-order valence-electron chi connectivity index (χ0n) is 11.1. The normalized spacial score (nSPS) is 14.8. The highest BCUT2D eigenvalue weighted by atomic mass is 79.9. The van der Waals surface area contributed by atoms with E-state index in [4.69, 9.17) is 0 Å². The van der Waals surface area contributed by atoms with Crippen molar-refractivity contribution in [2.24, 2.45) is 0 Å². The first-order valence-electron chi connectivity index (χ1n) is 6.72. The Hall–Kier alpha value is -1.13. The summed E-state index contributed by atoms with van der Waals surface area (Å²) in [6.07, 6.45) is 4.63. The summed E-state index contributed by atoms with van der Waals surface area (Å²) in [5.41, 5.74) is 3.82. The van der Waals surface area contributed by atoms with Crippen LogP contribution in [-0.2, 0) is 13.1 Å². The summed E-state index contributed by atoms with van der Waals surface area (Å²) in [6.45, 7) is 3.90. The van der Waals surface area contributed by atoms with E-state index in [9.17, 15) is 0 Å². The maximum Gasteiger partial charge on any atom is 0.0673 e. The molecule has 4 heteroatoms. The zero-order chi connectivity index (χ0) is 13.2. The minimum Gasteiger partial charge on any atom is -0.310 e. The van der Waals surface area contributed by atoms with Gasteiger partial charge in [0.25, 0.3) is 0 Å². The molecule has 0 bridgehead atoms. The van der Waals surface area contributed by atoms with Gasteiger partial charge in [0.05, 0.1) is 12.7 Å². The van der Waals surface area contributed by atoms with Crippen molar-refractivity contribution in [2.45, 2.75) is 38.9 Å². The number of hydrogen-bond acceptors (Lipinski definition) is 2.